The molecule has 0 aliphatic heterocycles. The highest BCUT2D eigenvalue weighted by molar-refractivity contribution is 6.03. The van der Waals surface area contributed by atoms with Crippen LogP contribution in [0.1, 0.15) is 21.6 Å². The van der Waals surface area contributed by atoms with Crippen molar-refractivity contribution in [3.63, 3.8) is 0 Å². The minimum absolute atomic E-state index is 0.198. The molecule has 0 aliphatic rings. The maximum Gasteiger partial charge on any atom is 0.573 e. The molecule has 146 valence electrons. The summed E-state index contributed by atoms with van der Waals surface area (Å²) in [5.74, 6) is -1.18. The Kier molecular flexibility index (Phi) is 4.84. The Morgan fingerprint density at radius 3 is 2.32 bits per heavy atom. The van der Waals surface area contributed by atoms with Gasteiger partial charge in [-0.2, -0.15) is 0 Å². The number of anilines is 1. The fourth-order valence-corrected chi connectivity index (χ4v) is 2.66. The van der Waals surface area contributed by atoms with Gasteiger partial charge in [-0.3, -0.25) is 9.59 Å². The summed E-state index contributed by atoms with van der Waals surface area (Å²) in [7, 11) is 1.54. The lowest BCUT2D eigenvalue weighted by molar-refractivity contribution is -0.274. The number of nitrogens with zero attached hydrogens (tertiary/aromatic N) is 2. The van der Waals surface area contributed by atoms with E-state index in [0.29, 0.717) is 11.0 Å². The first kappa shape index (κ1) is 19.4. The first-order valence-corrected chi connectivity index (χ1v) is 8.20. The van der Waals surface area contributed by atoms with Crippen molar-refractivity contribution in [3.05, 3.63) is 63.6 Å². The van der Waals surface area contributed by atoms with Gasteiger partial charge in [-0.25, -0.2) is 4.98 Å². The number of nitrogens with one attached hydrogen (secondary N) is 1. The molecule has 0 spiro atoms. The van der Waals surface area contributed by atoms with E-state index < -0.39 is 23.6 Å². The molecule has 0 saturated heterocycles. The third-order valence-corrected chi connectivity index (χ3v) is 4.25. The van der Waals surface area contributed by atoms with Crippen LogP contribution in [0.3, 0.4) is 0 Å². The van der Waals surface area contributed by atoms with Crippen LogP contribution in [0, 0.1) is 13.8 Å². The molecule has 0 bridgehead atoms. The molecule has 0 atom stereocenters. The van der Waals surface area contributed by atoms with E-state index in [-0.39, 0.29) is 11.4 Å². The molecule has 0 unspecified atom stereocenters. The summed E-state index contributed by atoms with van der Waals surface area (Å²) in [4.78, 5) is 29.2. The summed E-state index contributed by atoms with van der Waals surface area (Å²) in [6.07, 6.45) is -4.80. The average Bonchev–Trinajstić information content (AvgIpc) is 2.60. The molecule has 9 heteroatoms. The maximum atomic E-state index is 12.5. The van der Waals surface area contributed by atoms with Gasteiger partial charge in [-0.1, -0.05) is 0 Å². The Labute approximate surface area is 157 Å². The fraction of sp³-hybridized carbons (Fsp3) is 0.211. The molecule has 0 radical (unpaired) electrons. The van der Waals surface area contributed by atoms with E-state index in [1.807, 2.05) is 19.9 Å². The van der Waals surface area contributed by atoms with Crippen molar-refractivity contribution in [3.8, 4) is 5.75 Å². The van der Waals surface area contributed by atoms with Crippen LogP contribution >= 0.6 is 0 Å². The number of hydrogen-bond donors (Lipinski definition) is 1. The number of alkyl halides is 3. The van der Waals surface area contributed by atoms with Crippen LogP contribution in [0.4, 0.5) is 18.9 Å². The van der Waals surface area contributed by atoms with Crippen molar-refractivity contribution < 1.29 is 22.7 Å². The third-order valence-electron chi connectivity index (χ3n) is 4.25. The standard InChI is InChI=1S/C19H16F3N3O3/c1-10-8-14-15(9-11(10)2)25(3)18(27)16(24-14)17(26)23-12-4-6-13(7-5-12)28-19(20,21)22/h4-9H,1-3H3,(H,23,26). The number of halogens is 3. The molecule has 28 heavy (non-hydrogen) atoms. The summed E-state index contributed by atoms with van der Waals surface area (Å²) < 4.78 is 41.7. The largest absolute Gasteiger partial charge is 0.573 e. The molecule has 0 fully saturated rings. The van der Waals surface area contributed by atoms with Crippen molar-refractivity contribution in [2.75, 3.05) is 5.32 Å². The number of rotatable bonds is 3. The Bertz CT molecular complexity index is 1120. The zero-order valence-electron chi connectivity index (χ0n) is 15.2. The highest BCUT2D eigenvalue weighted by Gasteiger charge is 2.31. The predicted molar refractivity (Wildman–Crippen MR) is 97.5 cm³/mol. The van der Waals surface area contributed by atoms with Crippen LogP contribution in [-0.2, 0) is 7.05 Å². The van der Waals surface area contributed by atoms with Gasteiger partial charge < -0.3 is 14.6 Å². The number of fused-ring (bicyclic) bond motifs is 1. The second kappa shape index (κ2) is 6.99. The highest BCUT2D eigenvalue weighted by Crippen LogP contribution is 2.24. The molecule has 1 amide bonds. The normalized spacial score (nSPS) is 11.5. The van der Waals surface area contributed by atoms with Gasteiger partial charge in [0.2, 0.25) is 0 Å². The van der Waals surface area contributed by atoms with Gasteiger partial charge in [0.05, 0.1) is 11.0 Å². The predicted octanol–water partition coefficient (Wildman–Crippen LogP) is 3.70. The quantitative estimate of drug-likeness (QED) is 0.739. The second-order valence-corrected chi connectivity index (χ2v) is 6.28. The minimum atomic E-state index is -4.80. The smallest absolute Gasteiger partial charge is 0.406 e. The zero-order chi connectivity index (χ0) is 20.6. The first-order valence-electron chi connectivity index (χ1n) is 8.20. The summed E-state index contributed by atoms with van der Waals surface area (Å²) in [6.45, 7) is 3.80. The highest BCUT2D eigenvalue weighted by atomic mass is 19.4. The lowest BCUT2D eigenvalue weighted by atomic mass is 10.1. The van der Waals surface area contributed by atoms with Crippen molar-refractivity contribution >= 4 is 22.6 Å². The van der Waals surface area contributed by atoms with Crippen LogP contribution in [0.15, 0.2) is 41.2 Å². The lowest BCUT2D eigenvalue weighted by Crippen LogP contribution is -2.29. The SMILES string of the molecule is Cc1cc2nc(C(=O)Nc3ccc(OC(F)(F)F)cc3)c(=O)n(C)c2cc1C. The summed E-state index contributed by atoms with van der Waals surface area (Å²) >= 11 is 0. The monoisotopic (exact) mass is 391 g/mol. The van der Waals surface area contributed by atoms with E-state index in [9.17, 15) is 22.8 Å². The minimum Gasteiger partial charge on any atom is -0.406 e. The second-order valence-electron chi connectivity index (χ2n) is 6.28. The van der Waals surface area contributed by atoms with Crippen LogP contribution < -0.4 is 15.6 Å². The Balaban J connectivity index is 1.90. The number of carbonyl (C=O) groups excluding carboxylic acids is 1. The van der Waals surface area contributed by atoms with Crippen molar-refractivity contribution in [1.82, 2.24) is 9.55 Å². The number of aryl methyl sites for hydroxylation is 3. The maximum absolute atomic E-state index is 12.5. The van der Waals surface area contributed by atoms with Gasteiger partial charge in [-0.05, 0) is 61.4 Å². The van der Waals surface area contributed by atoms with E-state index >= 15 is 0 Å². The lowest BCUT2D eigenvalue weighted by Gasteiger charge is -2.11. The third kappa shape index (κ3) is 3.98. The zero-order valence-corrected chi connectivity index (χ0v) is 15.2. The summed E-state index contributed by atoms with van der Waals surface area (Å²) in [5.41, 5.74) is 2.35. The summed E-state index contributed by atoms with van der Waals surface area (Å²) in [6, 6.07) is 8.18. The molecular weight excluding hydrogens is 375 g/mol. The van der Waals surface area contributed by atoms with Gasteiger partial charge in [0.25, 0.3) is 11.5 Å². The van der Waals surface area contributed by atoms with Crippen molar-refractivity contribution in [1.29, 1.82) is 0 Å². The molecule has 1 heterocycles. The Hall–Kier alpha value is -3.36. The van der Waals surface area contributed by atoms with Crippen molar-refractivity contribution in [2.24, 2.45) is 7.05 Å². The molecule has 0 saturated carbocycles. The number of benzene rings is 2. The Morgan fingerprint density at radius 1 is 1.11 bits per heavy atom. The molecule has 3 aromatic rings. The van der Waals surface area contributed by atoms with Gasteiger partial charge in [0, 0.05) is 12.7 Å². The number of aromatic nitrogens is 2. The number of ether oxygens (including phenoxy) is 1. The molecule has 0 aliphatic carbocycles. The first-order chi connectivity index (χ1) is 13.0. The number of carbonyl (C=O) groups is 1. The number of hydrogen-bond acceptors (Lipinski definition) is 4. The van der Waals surface area contributed by atoms with Gasteiger partial charge in [-0.15, -0.1) is 13.2 Å². The topological polar surface area (TPSA) is 73.2 Å². The van der Waals surface area contributed by atoms with E-state index in [4.69, 9.17) is 0 Å². The van der Waals surface area contributed by atoms with Gasteiger partial charge >= 0.3 is 6.36 Å². The van der Waals surface area contributed by atoms with E-state index in [1.54, 1.807) is 13.1 Å². The molecular formula is C19H16F3N3O3. The molecule has 2 aromatic carbocycles. The van der Waals surface area contributed by atoms with E-state index in [0.717, 1.165) is 23.3 Å². The van der Waals surface area contributed by atoms with Crippen LogP contribution in [0.25, 0.3) is 11.0 Å². The molecule has 3 rings (SSSR count). The van der Waals surface area contributed by atoms with Crippen LogP contribution in [0.2, 0.25) is 0 Å². The fourth-order valence-electron chi connectivity index (χ4n) is 2.66. The van der Waals surface area contributed by atoms with Crippen LogP contribution in [0.5, 0.6) is 5.75 Å². The van der Waals surface area contributed by atoms with E-state index in [2.05, 4.69) is 15.0 Å². The molecule has 1 aromatic heterocycles. The number of amides is 1. The van der Waals surface area contributed by atoms with Gasteiger partial charge in [0.15, 0.2) is 5.69 Å². The van der Waals surface area contributed by atoms with E-state index in [1.165, 1.54) is 16.7 Å². The molecule has 6 nitrogen and oxygen atoms in total. The average molecular weight is 391 g/mol. The molecule has 1 N–H and O–H groups in total. The summed E-state index contributed by atoms with van der Waals surface area (Å²) in [5, 5.41) is 2.46. The van der Waals surface area contributed by atoms with Crippen LogP contribution in [-0.4, -0.2) is 21.8 Å². The van der Waals surface area contributed by atoms with Crippen molar-refractivity contribution in [2.45, 2.75) is 20.2 Å². The Morgan fingerprint density at radius 2 is 1.71 bits per heavy atom. The van der Waals surface area contributed by atoms with Gasteiger partial charge in [0.1, 0.15) is 5.75 Å².